The quantitative estimate of drug-likeness (QED) is 0.651. The highest BCUT2D eigenvalue weighted by Gasteiger charge is 1.88. The molecule has 82 valence electrons. The van der Waals surface area contributed by atoms with E-state index >= 15 is 0 Å². The fraction of sp³-hybridized carbons (Fsp3) is 0.538. The van der Waals surface area contributed by atoms with Crippen molar-refractivity contribution in [2.45, 2.75) is 47.5 Å². The summed E-state index contributed by atoms with van der Waals surface area (Å²) >= 11 is 2.32. The second-order valence-corrected chi connectivity index (χ2v) is 3.62. The van der Waals surface area contributed by atoms with Crippen LogP contribution in [0.15, 0.2) is 24.3 Å². The summed E-state index contributed by atoms with van der Waals surface area (Å²) < 4.78 is 1.32. The van der Waals surface area contributed by atoms with E-state index in [-0.39, 0.29) is 0 Å². The highest BCUT2D eigenvalue weighted by atomic mass is 127. The van der Waals surface area contributed by atoms with Gasteiger partial charge in [-0.05, 0) is 46.7 Å². The Bertz CT molecular complexity index is 189. The van der Waals surface area contributed by atoms with Crippen molar-refractivity contribution >= 4 is 22.6 Å². The van der Waals surface area contributed by atoms with Crippen LogP contribution in [0.4, 0.5) is 0 Å². The minimum Gasteiger partial charge on any atom is -0.0683 e. The smallest absolute Gasteiger partial charge is 0.0130 e. The Morgan fingerprint density at radius 3 is 1.71 bits per heavy atom. The molecule has 0 spiro atoms. The maximum absolute atomic E-state index is 2.32. The van der Waals surface area contributed by atoms with Crippen LogP contribution in [0.25, 0.3) is 0 Å². The van der Waals surface area contributed by atoms with Crippen LogP contribution in [-0.4, -0.2) is 0 Å². The van der Waals surface area contributed by atoms with E-state index in [1.807, 2.05) is 27.7 Å². The highest BCUT2D eigenvalue weighted by molar-refractivity contribution is 14.1. The van der Waals surface area contributed by atoms with Crippen LogP contribution in [0.1, 0.15) is 46.6 Å². The predicted molar refractivity (Wildman–Crippen MR) is 75.9 cm³/mol. The maximum atomic E-state index is 2.32. The summed E-state index contributed by atoms with van der Waals surface area (Å²) in [6.45, 7) is 10.2. The van der Waals surface area contributed by atoms with Gasteiger partial charge in [-0.2, -0.15) is 0 Å². The fourth-order valence-corrected chi connectivity index (χ4v) is 1.30. The van der Waals surface area contributed by atoms with Crippen LogP contribution >= 0.6 is 22.6 Å². The van der Waals surface area contributed by atoms with Crippen LogP contribution < -0.4 is 0 Å². The molecule has 14 heavy (non-hydrogen) atoms. The zero-order chi connectivity index (χ0) is 11.4. The molecular formula is C13H23I. The van der Waals surface area contributed by atoms with Crippen molar-refractivity contribution in [3.05, 3.63) is 33.4 Å². The molecule has 0 atom stereocenters. The summed E-state index contributed by atoms with van der Waals surface area (Å²) in [6, 6.07) is 8.72. The van der Waals surface area contributed by atoms with Gasteiger partial charge < -0.3 is 0 Å². The lowest BCUT2D eigenvalue weighted by Gasteiger charge is -1.96. The van der Waals surface area contributed by atoms with Crippen LogP contribution in [-0.2, 0) is 6.42 Å². The van der Waals surface area contributed by atoms with Crippen molar-refractivity contribution in [1.82, 2.24) is 0 Å². The Labute approximate surface area is 103 Å². The molecular weight excluding hydrogens is 283 g/mol. The third-order valence-corrected chi connectivity index (χ3v) is 2.17. The predicted octanol–water partition coefficient (Wildman–Crippen LogP) is 5.30. The van der Waals surface area contributed by atoms with E-state index in [1.54, 1.807) is 0 Å². The van der Waals surface area contributed by atoms with Gasteiger partial charge in [0.15, 0.2) is 0 Å². The Morgan fingerprint density at radius 2 is 1.36 bits per heavy atom. The lowest BCUT2D eigenvalue weighted by molar-refractivity contribution is 0.921. The average molecular weight is 306 g/mol. The summed E-state index contributed by atoms with van der Waals surface area (Å²) in [7, 11) is 0. The molecule has 1 aromatic rings. The van der Waals surface area contributed by atoms with E-state index in [0.717, 1.165) is 0 Å². The fourth-order valence-electron chi connectivity index (χ4n) is 0.940. The average Bonchev–Trinajstić information content (AvgIpc) is 2.28. The second kappa shape index (κ2) is 12.9. The lowest BCUT2D eigenvalue weighted by atomic mass is 10.1. The first kappa shape index (κ1) is 16.4. The van der Waals surface area contributed by atoms with E-state index in [2.05, 4.69) is 53.8 Å². The van der Waals surface area contributed by atoms with Gasteiger partial charge in [-0.3, -0.25) is 0 Å². The van der Waals surface area contributed by atoms with E-state index in [4.69, 9.17) is 0 Å². The van der Waals surface area contributed by atoms with Gasteiger partial charge in [0.05, 0.1) is 0 Å². The SMILES string of the molecule is CC.CC.CCCc1ccc(I)cc1. The molecule has 0 heterocycles. The van der Waals surface area contributed by atoms with E-state index < -0.39 is 0 Å². The number of hydrogen-bond donors (Lipinski definition) is 0. The van der Waals surface area contributed by atoms with Gasteiger partial charge in [0.1, 0.15) is 0 Å². The van der Waals surface area contributed by atoms with Crippen molar-refractivity contribution < 1.29 is 0 Å². The molecule has 0 unspecified atom stereocenters. The van der Waals surface area contributed by atoms with E-state index in [0.29, 0.717) is 0 Å². The van der Waals surface area contributed by atoms with Gasteiger partial charge in [0.25, 0.3) is 0 Å². The number of rotatable bonds is 2. The Hall–Kier alpha value is -0.0500. The first-order valence-electron chi connectivity index (χ1n) is 5.57. The zero-order valence-corrected chi connectivity index (χ0v) is 12.3. The van der Waals surface area contributed by atoms with Crippen molar-refractivity contribution in [1.29, 1.82) is 0 Å². The molecule has 0 N–H and O–H groups in total. The summed E-state index contributed by atoms with van der Waals surface area (Å²) in [5.41, 5.74) is 1.45. The normalized spacial score (nSPS) is 7.86. The first-order valence-corrected chi connectivity index (χ1v) is 6.65. The summed E-state index contributed by atoms with van der Waals surface area (Å²) in [5.74, 6) is 0. The molecule has 0 saturated heterocycles. The third-order valence-electron chi connectivity index (χ3n) is 1.45. The molecule has 1 heteroatoms. The molecule has 0 amide bonds. The largest absolute Gasteiger partial charge is 0.0683 e. The second-order valence-electron chi connectivity index (χ2n) is 2.38. The van der Waals surface area contributed by atoms with Crippen LogP contribution in [0.2, 0.25) is 0 Å². The Kier molecular flexibility index (Phi) is 15.2. The van der Waals surface area contributed by atoms with Crippen LogP contribution in [0.3, 0.4) is 0 Å². The maximum Gasteiger partial charge on any atom is 0.0130 e. The molecule has 0 aliphatic carbocycles. The Morgan fingerprint density at radius 1 is 0.929 bits per heavy atom. The van der Waals surface area contributed by atoms with Crippen molar-refractivity contribution in [3.63, 3.8) is 0 Å². The number of benzene rings is 1. The molecule has 0 fully saturated rings. The first-order chi connectivity index (χ1) is 6.83. The van der Waals surface area contributed by atoms with E-state index in [1.165, 1.54) is 22.0 Å². The van der Waals surface area contributed by atoms with Gasteiger partial charge in [0, 0.05) is 3.57 Å². The molecule has 0 radical (unpaired) electrons. The van der Waals surface area contributed by atoms with Crippen molar-refractivity contribution in [3.8, 4) is 0 Å². The molecule has 1 aromatic carbocycles. The molecule has 0 saturated carbocycles. The van der Waals surface area contributed by atoms with E-state index in [9.17, 15) is 0 Å². The molecule has 0 aromatic heterocycles. The molecule has 0 bridgehead atoms. The molecule has 0 aliphatic heterocycles. The number of halogens is 1. The summed E-state index contributed by atoms with van der Waals surface area (Å²) in [4.78, 5) is 0. The minimum atomic E-state index is 1.21. The third kappa shape index (κ3) is 8.54. The van der Waals surface area contributed by atoms with Gasteiger partial charge in [-0.25, -0.2) is 0 Å². The summed E-state index contributed by atoms with van der Waals surface area (Å²) in [6.07, 6.45) is 2.44. The highest BCUT2D eigenvalue weighted by Crippen LogP contribution is 2.07. The zero-order valence-electron chi connectivity index (χ0n) is 10.1. The topological polar surface area (TPSA) is 0 Å². The van der Waals surface area contributed by atoms with Crippen LogP contribution in [0.5, 0.6) is 0 Å². The number of hydrogen-bond acceptors (Lipinski definition) is 0. The van der Waals surface area contributed by atoms with Crippen LogP contribution in [0, 0.1) is 3.57 Å². The minimum absolute atomic E-state index is 1.21. The molecule has 0 aliphatic rings. The van der Waals surface area contributed by atoms with Crippen molar-refractivity contribution in [2.24, 2.45) is 0 Å². The van der Waals surface area contributed by atoms with Gasteiger partial charge in [0.2, 0.25) is 0 Å². The summed E-state index contributed by atoms with van der Waals surface area (Å²) in [5, 5.41) is 0. The lowest BCUT2D eigenvalue weighted by Crippen LogP contribution is -1.81. The van der Waals surface area contributed by atoms with Gasteiger partial charge >= 0.3 is 0 Å². The van der Waals surface area contributed by atoms with Gasteiger partial charge in [-0.1, -0.05) is 53.2 Å². The standard InChI is InChI=1S/C9H11I.2C2H6/c1-2-3-8-4-6-9(10)7-5-8;2*1-2/h4-7H,2-3H2,1H3;2*1-2H3. The molecule has 0 nitrogen and oxygen atoms in total. The monoisotopic (exact) mass is 306 g/mol. The Balaban J connectivity index is 0. The van der Waals surface area contributed by atoms with Gasteiger partial charge in [-0.15, -0.1) is 0 Å². The molecule has 1 rings (SSSR count). The number of aryl methyl sites for hydroxylation is 1. The van der Waals surface area contributed by atoms with Crippen molar-refractivity contribution in [2.75, 3.05) is 0 Å².